The van der Waals surface area contributed by atoms with E-state index in [4.69, 9.17) is 0 Å². The summed E-state index contributed by atoms with van der Waals surface area (Å²) < 4.78 is 13.3. The van der Waals surface area contributed by atoms with E-state index in [1.54, 1.807) is 24.3 Å². The lowest BCUT2D eigenvalue weighted by Gasteiger charge is -2.06. The highest BCUT2D eigenvalue weighted by atomic mass is 19.1. The van der Waals surface area contributed by atoms with Gasteiger partial charge in [-0.05, 0) is 42.3 Å². The molecule has 0 heterocycles. The molecule has 0 aliphatic rings. The van der Waals surface area contributed by atoms with Gasteiger partial charge in [0.15, 0.2) is 0 Å². The van der Waals surface area contributed by atoms with Gasteiger partial charge in [-0.3, -0.25) is 4.79 Å². The molecule has 0 saturated heterocycles. The van der Waals surface area contributed by atoms with Crippen LogP contribution in [-0.4, -0.2) is 17.6 Å². The van der Waals surface area contributed by atoms with E-state index in [2.05, 4.69) is 5.32 Å². The quantitative estimate of drug-likeness (QED) is 0.890. The van der Waals surface area contributed by atoms with Crippen LogP contribution in [0.1, 0.15) is 17.3 Å². The third-order valence-electron chi connectivity index (χ3n) is 2.68. The molecule has 98 valence electrons. The fourth-order valence-electron chi connectivity index (χ4n) is 1.84. The van der Waals surface area contributed by atoms with Crippen LogP contribution in [-0.2, 0) is 0 Å². The average molecular weight is 259 g/mol. The number of hydrogen-bond acceptors (Lipinski definition) is 2. The van der Waals surface area contributed by atoms with Crippen molar-refractivity contribution in [3.63, 3.8) is 0 Å². The van der Waals surface area contributed by atoms with Gasteiger partial charge in [0.1, 0.15) is 11.6 Å². The van der Waals surface area contributed by atoms with E-state index in [0.29, 0.717) is 23.2 Å². The lowest BCUT2D eigenvalue weighted by molar-refractivity contribution is 0.0956. The zero-order chi connectivity index (χ0) is 13.8. The molecule has 2 rings (SSSR count). The number of hydrogen-bond donors (Lipinski definition) is 2. The Kier molecular flexibility index (Phi) is 3.80. The molecule has 0 unspecified atom stereocenters. The molecule has 2 N–H and O–H groups in total. The van der Waals surface area contributed by atoms with Gasteiger partial charge in [0, 0.05) is 18.2 Å². The van der Waals surface area contributed by atoms with Gasteiger partial charge < -0.3 is 10.4 Å². The second kappa shape index (κ2) is 5.52. The predicted octanol–water partition coefficient (Wildman–Crippen LogP) is 2.95. The largest absolute Gasteiger partial charge is 0.508 e. The number of carbonyl (C=O) groups excluding carboxylic acids is 1. The number of carbonyl (C=O) groups is 1. The first-order valence-electron chi connectivity index (χ1n) is 5.98. The number of rotatable bonds is 3. The summed E-state index contributed by atoms with van der Waals surface area (Å²) in [7, 11) is 0. The molecule has 19 heavy (non-hydrogen) atoms. The molecule has 0 fully saturated rings. The van der Waals surface area contributed by atoms with Gasteiger partial charge in [-0.25, -0.2) is 4.39 Å². The Morgan fingerprint density at radius 1 is 1.21 bits per heavy atom. The second-order valence-corrected chi connectivity index (χ2v) is 4.14. The van der Waals surface area contributed by atoms with Crippen molar-refractivity contribution in [3.05, 3.63) is 53.8 Å². The minimum atomic E-state index is -0.515. The molecule has 0 aromatic heterocycles. The molecular formula is C15H14FNO2. The van der Waals surface area contributed by atoms with Crippen LogP contribution in [0.25, 0.3) is 11.1 Å². The van der Waals surface area contributed by atoms with E-state index in [9.17, 15) is 14.3 Å². The first-order chi connectivity index (χ1) is 9.10. The summed E-state index contributed by atoms with van der Waals surface area (Å²) in [5, 5.41) is 12.1. The van der Waals surface area contributed by atoms with Crippen LogP contribution in [0.15, 0.2) is 42.5 Å². The van der Waals surface area contributed by atoms with Crippen LogP contribution in [0.2, 0.25) is 0 Å². The molecule has 1 amide bonds. The molecular weight excluding hydrogens is 245 g/mol. The van der Waals surface area contributed by atoms with Crippen molar-refractivity contribution in [1.82, 2.24) is 5.32 Å². The van der Waals surface area contributed by atoms with Crippen LogP contribution in [0.3, 0.4) is 0 Å². The standard InChI is InChI=1S/C15H14FNO2/c1-2-17-15(19)11-5-3-4-10(6-11)12-7-13(16)9-14(18)8-12/h3-9,18H,2H2,1H3,(H,17,19). The summed E-state index contributed by atoms with van der Waals surface area (Å²) in [5.41, 5.74) is 1.71. The molecule has 2 aromatic carbocycles. The van der Waals surface area contributed by atoms with E-state index in [0.717, 1.165) is 6.07 Å². The summed E-state index contributed by atoms with van der Waals surface area (Å²) in [6.45, 7) is 2.39. The number of phenolic OH excluding ortho intramolecular Hbond substituents is 1. The van der Waals surface area contributed by atoms with Crippen molar-refractivity contribution in [2.45, 2.75) is 6.92 Å². The Balaban J connectivity index is 2.40. The van der Waals surface area contributed by atoms with E-state index >= 15 is 0 Å². The zero-order valence-corrected chi connectivity index (χ0v) is 10.5. The minimum absolute atomic E-state index is 0.140. The molecule has 0 bridgehead atoms. The number of amides is 1. The fourth-order valence-corrected chi connectivity index (χ4v) is 1.84. The van der Waals surface area contributed by atoms with Crippen molar-refractivity contribution in [3.8, 4) is 16.9 Å². The Bertz CT molecular complexity index is 591. The van der Waals surface area contributed by atoms with Crippen LogP contribution >= 0.6 is 0 Å². The summed E-state index contributed by atoms with van der Waals surface area (Å²) in [6.07, 6.45) is 0. The third kappa shape index (κ3) is 3.10. The van der Waals surface area contributed by atoms with Crippen molar-refractivity contribution < 1.29 is 14.3 Å². The van der Waals surface area contributed by atoms with Gasteiger partial charge in [0.2, 0.25) is 0 Å². The fraction of sp³-hybridized carbons (Fsp3) is 0.133. The van der Waals surface area contributed by atoms with Gasteiger partial charge in [-0.2, -0.15) is 0 Å². The van der Waals surface area contributed by atoms with E-state index < -0.39 is 5.82 Å². The first-order valence-corrected chi connectivity index (χ1v) is 5.98. The Morgan fingerprint density at radius 3 is 2.68 bits per heavy atom. The van der Waals surface area contributed by atoms with Gasteiger partial charge in [-0.15, -0.1) is 0 Å². The third-order valence-corrected chi connectivity index (χ3v) is 2.68. The zero-order valence-electron chi connectivity index (χ0n) is 10.5. The molecule has 2 aromatic rings. The lowest BCUT2D eigenvalue weighted by atomic mass is 10.0. The van der Waals surface area contributed by atoms with Gasteiger partial charge in [-0.1, -0.05) is 12.1 Å². The number of aromatic hydroxyl groups is 1. The number of nitrogens with one attached hydrogen (secondary N) is 1. The molecule has 4 heteroatoms. The van der Waals surface area contributed by atoms with Gasteiger partial charge >= 0.3 is 0 Å². The van der Waals surface area contributed by atoms with Crippen molar-refractivity contribution >= 4 is 5.91 Å². The minimum Gasteiger partial charge on any atom is -0.508 e. The maximum Gasteiger partial charge on any atom is 0.251 e. The van der Waals surface area contributed by atoms with Crippen molar-refractivity contribution in [1.29, 1.82) is 0 Å². The van der Waals surface area contributed by atoms with Crippen LogP contribution in [0.4, 0.5) is 4.39 Å². The highest BCUT2D eigenvalue weighted by Crippen LogP contribution is 2.25. The van der Waals surface area contributed by atoms with Gasteiger partial charge in [0.25, 0.3) is 5.91 Å². The number of benzene rings is 2. The monoisotopic (exact) mass is 259 g/mol. The summed E-state index contributed by atoms with van der Waals surface area (Å²) >= 11 is 0. The molecule has 0 saturated carbocycles. The van der Waals surface area contributed by atoms with Crippen molar-refractivity contribution in [2.75, 3.05) is 6.54 Å². The number of halogens is 1. The van der Waals surface area contributed by atoms with Crippen LogP contribution in [0, 0.1) is 5.82 Å². The molecule has 0 aliphatic carbocycles. The average Bonchev–Trinajstić information content (AvgIpc) is 2.38. The highest BCUT2D eigenvalue weighted by Gasteiger charge is 2.07. The molecule has 3 nitrogen and oxygen atoms in total. The Hall–Kier alpha value is -2.36. The highest BCUT2D eigenvalue weighted by molar-refractivity contribution is 5.95. The summed E-state index contributed by atoms with van der Waals surface area (Å²) in [6, 6.07) is 10.7. The number of phenols is 1. The predicted molar refractivity (Wildman–Crippen MR) is 71.5 cm³/mol. The molecule has 0 radical (unpaired) electrons. The summed E-state index contributed by atoms with van der Waals surface area (Å²) in [5.74, 6) is -0.832. The smallest absolute Gasteiger partial charge is 0.251 e. The molecule has 0 atom stereocenters. The van der Waals surface area contributed by atoms with Crippen LogP contribution in [0.5, 0.6) is 5.75 Å². The van der Waals surface area contributed by atoms with Crippen LogP contribution < -0.4 is 5.32 Å². The Labute approximate surface area is 110 Å². The maximum atomic E-state index is 13.3. The van der Waals surface area contributed by atoms with Gasteiger partial charge in [0.05, 0.1) is 0 Å². The summed E-state index contributed by atoms with van der Waals surface area (Å²) in [4.78, 5) is 11.7. The van der Waals surface area contributed by atoms with E-state index in [1.165, 1.54) is 12.1 Å². The first kappa shape index (κ1) is 13.1. The second-order valence-electron chi connectivity index (χ2n) is 4.14. The van der Waals surface area contributed by atoms with Crippen molar-refractivity contribution in [2.24, 2.45) is 0 Å². The Morgan fingerprint density at radius 2 is 2.00 bits per heavy atom. The SMILES string of the molecule is CCNC(=O)c1cccc(-c2cc(O)cc(F)c2)c1. The topological polar surface area (TPSA) is 49.3 Å². The molecule has 0 spiro atoms. The lowest BCUT2D eigenvalue weighted by Crippen LogP contribution is -2.22. The maximum absolute atomic E-state index is 13.3. The normalized spacial score (nSPS) is 10.2. The van der Waals surface area contributed by atoms with E-state index in [-0.39, 0.29) is 11.7 Å². The molecule has 0 aliphatic heterocycles. The van der Waals surface area contributed by atoms with E-state index in [1.807, 2.05) is 6.92 Å².